The monoisotopic (exact) mass is 474 g/mol. The fourth-order valence-corrected chi connectivity index (χ4v) is 5.91. The molecule has 0 bridgehead atoms. The van der Waals surface area contributed by atoms with Crippen molar-refractivity contribution in [3.63, 3.8) is 0 Å². The highest BCUT2D eigenvalue weighted by atomic mass is 14.7. The van der Waals surface area contributed by atoms with E-state index in [1.54, 1.807) is 0 Å². The second-order valence-corrected chi connectivity index (χ2v) is 10.3. The topological polar surface area (TPSA) is 25.8 Å². The average Bonchev–Trinajstić information content (AvgIpc) is 3.19. The first kappa shape index (κ1) is 21.7. The van der Waals surface area contributed by atoms with Gasteiger partial charge < -0.3 is 0 Å². The van der Waals surface area contributed by atoms with Gasteiger partial charge in [0.1, 0.15) is 0 Å². The molecule has 0 N–H and O–H groups in total. The van der Waals surface area contributed by atoms with Crippen LogP contribution in [0.2, 0.25) is 0 Å². The third kappa shape index (κ3) is 3.41. The fourth-order valence-electron chi connectivity index (χ4n) is 5.91. The van der Waals surface area contributed by atoms with Crippen molar-refractivity contribution in [3.05, 3.63) is 133 Å². The Morgan fingerprint density at radius 2 is 1.32 bits per heavy atom. The average molecular weight is 475 g/mol. The van der Waals surface area contributed by atoms with Crippen LogP contribution in [0.1, 0.15) is 25.0 Å². The largest absolute Gasteiger partial charge is 0.256 e. The van der Waals surface area contributed by atoms with Crippen LogP contribution in [-0.4, -0.2) is 9.97 Å². The van der Waals surface area contributed by atoms with E-state index in [-0.39, 0.29) is 5.41 Å². The van der Waals surface area contributed by atoms with Crippen molar-refractivity contribution in [3.8, 4) is 44.8 Å². The van der Waals surface area contributed by atoms with Crippen molar-refractivity contribution in [2.24, 2.45) is 0 Å². The number of hydrogen-bond acceptors (Lipinski definition) is 2. The molecule has 0 saturated carbocycles. The van der Waals surface area contributed by atoms with E-state index < -0.39 is 0 Å². The molecule has 37 heavy (non-hydrogen) atoms. The highest BCUT2D eigenvalue weighted by Gasteiger charge is 2.39. The van der Waals surface area contributed by atoms with E-state index in [1.165, 1.54) is 44.3 Å². The predicted octanol–water partition coefficient (Wildman–Crippen LogP) is 8.94. The van der Waals surface area contributed by atoms with Crippen LogP contribution in [0, 0.1) is 0 Å². The molecule has 2 heterocycles. The van der Waals surface area contributed by atoms with Gasteiger partial charge in [-0.3, -0.25) is 4.98 Å². The van der Waals surface area contributed by atoms with Gasteiger partial charge in [-0.25, -0.2) is 4.98 Å². The molecule has 0 amide bonds. The molecule has 176 valence electrons. The summed E-state index contributed by atoms with van der Waals surface area (Å²) in [5.41, 5.74) is 12.9. The molecule has 0 spiro atoms. The van der Waals surface area contributed by atoms with Crippen molar-refractivity contribution < 1.29 is 0 Å². The minimum Gasteiger partial charge on any atom is -0.256 e. The van der Waals surface area contributed by atoms with Crippen LogP contribution in [0.15, 0.2) is 121 Å². The number of pyridine rings is 2. The smallest absolute Gasteiger partial charge is 0.0759 e. The van der Waals surface area contributed by atoms with Crippen molar-refractivity contribution >= 4 is 10.9 Å². The minimum absolute atomic E-state index is 0.140. The van der Waals surface area contributed by atoms with Crippen molar-refractivity contribution in [2.75, 3.05) is 0 Å². The predicted molar refractivity (Wildman–Crippen MR) is 153 cm³/mol. The zero-order valence-electron chi connectivity index (χ0n) is 20.9. The van der Waals surface area contributed by atoms with Crippen molar-refractivity contribution in [1.29, 1.82) is 0 Å². The normalized spacial score (nSPS) is 13.4. The Balaban J connectivity index is 1.41. The van der Waals surface area contributed by atoms with Gasteiger partial charge in [-0.1, -0.05) is 105 Å². The minimum atomic E-state index is -0.140. The molecule has 2 heteroatoms. The molecule has 0 radical (unpaired) electrons. The summed E-state index contributed by atoms with van der Waals surface area (Å²) in [6.07, 6.45) is 1.84. The van der Waals surface area contributed by atoms with Gasteiger partial charge >= 0.3 is 0 Å². The molecule has 0 aliphatic heterocycles. The summed E-state index contributed by atoms with van der Waals surface area (Å²) in [6, 6.07) is 40.9. The Hall–Kier alpha value is -4.56. The molecule has 0 fully saturated rings. The summed E-state index contributed by atoms with van der Waals surface area (Å²) in [5, 5.41) is 1.20. The van der Waals surface area contributed by atoms with E-state index in [4.69, 9.17) is 4.98 Å². The molecular weight excluding hydrogens is 448 g/mol. The van der Waals surface area contributed by atoms with E-state index in [2.05, 4.69) is 116 Å². The van der Waals surface area contributed by atoms with E-state index in [1.807, 2.05) is 24.4 Å². The number of nitrogens with zero attached hydrogens (tertiary/aromatic N) is 2. The lowest BCUT2D eigenvalue weighted by molar-refractivity contribution is 0.662. The third-order valence-electron chi connectivity index (χ3n) is 7.70. The third-order valence-corrected chi connectivity index (χ3v) is 7.70. The van der Waals surface area contributed by atoms with Gasteiger partial charge in [0.15, 0.2) is 0 Å². The molecule has 1 aliphatic carbocycles. The molecule has 7 rings (SSSR count). The van der Waals surface area contributed by atoms with Crippen LogP contribution in [0.5, 0.6) is 0 Å². The van der Waals surface area contributed by atoms with Gasteiger partial charge in [0.05, 0.1) is 16.9 Å². The summed E-state index contributed by atoms with van der Waals surface area (Å²) in [5.74, 6) is 0. The fraction of sp³-hybridized carbons (Fsp3) is 0.0857. The summed E-state index contributed by atoms with van der Waals surface area (Å²) >= 11 is 0. The molecule has 0 saturated heterocycles. The Morgan fingerprint density at radius 3 is 2.16 bits per heavy atom. The Labute approximate surface area is 217 Å². The Bertz CT molecular complexity index is 1780. The lowest BCUT2D eigenvalue weighted by Crippen LogP contribution is -2.16. The highest BCUT2D eigenvalue weighted by molar-refractivity contribution is 6.02. The van der Waals surface area contributed by atoms with Crippen LogP contribution in [0.4, 0.5) is 0 Å². The van der Waals surface area contributed by atoms with Gasteiger partial charge in [0, 0.05) is 28.1 Å². The number of rotatable bonds is 3. The van der Waals surface area contributed by atoms with Gasteiger partial charge in [-0.15, -0.1) is 0 Å². The van der Waals surface area contributed by atoms with Crippen LogP contribution in [0.25, 0.3) is 55.7 Å². The van der Waals surface area contributed by atoms with Gasteiger partial charge in [0.2, 0.25) is 0 Å². The zero-order valence-corrected chi connectivity index (χ0v) is 20.9. The van der Waals surface area contributed by atoms with Crippen LogP contribution < -0.4 is 0 Å². The first-order chi connectivity index (χ1) is 18.1. The lowest BCUT2D eigenvalue weighted by atomic mass is 9.78. The molecule has 2 nitrogen and oxygen atoms in total. The highest BCUT2D eigenvalue weighted by Crippen LogP contribution is 2.53. The first-order valence-electron chi connectivity index (χ1n) is 12.8. The lowest BCUT2D eigenvalue weighted by Gasteiger charge is -2.25. The summed E-state index contributed by atoms with van der Waals surface area (Å²) in [7, 11) is 0. The standard InChI is InChI=1S/C35H26N2/c1-35(2)29-14-5-3-12-27(29)34-33(35)32(28-13-4-6-16-31(28)37-34)26-11-9-10-25(22-26)23-17-19-24(20-18-23)30-15-7-8-21-36-30/h3-22H,1-2H3. The first-order valence-corrected chi connectivity index (χ1v) is 12.8. The van der Waals surface area contributed by atoms with Crippen molar-refractivity contribution in [1.82, 2.24) is 9.97 Å². The SMILES string of the molecule is CC1(C)c2ccccc2-c2nc3ccccc3c(-c3cccc(-c4ccc(-c5ccccn5)cc4)c3)c21. The van der Waals surface area contributed by atoms with Gasteiger partial charge in [-0.2, -0.15) is 0 Å². The van der Waals surface area contributed by atoms with E-state index in [9.17, 15) is 0 Å². The second kappa shape index (κ2) is 8.25. The van der Waals surface area contributed by atoms with Gasteiger partial charge in [-0.05, 0) is 57.6 Å². The van der Waals surface area contributed by atoms with Crippen LogP contribution in [-0.2, 0) is 5.41 Å². The van der Waals surface area contributed by atoms with E-state index in [0.29, 0.717) is 0 Å². The number of fused-ring (bicyclic) bond motifs is 4. The number of aromatic nitrogens is 2. The molecular formula is C35H26N2. The zero-order chi connectivity index (χ0) is 25.0. The summed E-state index contributed by atoms with van der Waals surface area (Å²) in [4.78, 5) is 9.68. The molecule has 0 atom stereocenters. The number of hydrogen-bond donors (Lipinski definition) is 0. The van der Waals surface area contributed by atoms with Crippen LogP contribution >= 0.6 is 0 Å². The summed E-state index contributed by atoms with van der Waals surface area (Å²) in [6.45, 7) is 4.66. The maximum absolute atomic E-state index is 5.19. The molecule has 6 aromatic rings. The maximum Gasteiger partial charge on any atom is 0.0759 e. The van der Waals surface area contributed by atoms with Crippen LogP contribution in [0.3, 0.4) is 0 Å². The van der Waals surface area contributed by atoms with E-state index in [0.717, 1.165) is 22.5 Å². The molecule has 1 aliphatic rings. The summed E-state index contributed by atoms with van der Waals surface area (Å²) < 4.78 is 0. The quantitative estimate of drug-likeness (QED) is 0.256. The van der Waals surface area contributed by atoms with E-state index >= 15 is 0 Å². The molecule has 4 aromatic carbocycles. The Morgan fingerprint density at radius 1 is 0.595 bits per heavy atom. The van der Waals surface area contributed by atoms with Gasteiger partial charge in [0.25, 0.3) is 0 Å². The number of para-hydroxylation sites is 1. The maximum atomic E-state index is 5.19. The molecule has 0 unspecified atom stereocenters. The van der Waals surface area contributed by atoms with Crippen molar-refractivity contribution in [2.45, 2.75) is 19.3 Å². The molecule has 2 aromatic heterocycles. The Kier molecular flexibility index (Phi) is 4.84. The second-order valence-electron chi connectivity index (χ2n) is 10.3. The number of benzene rings is 4.